The molecule has 0 aliphatic carbocycles. The van der Waals surface area contributed by atoms with Gasteiger partial charge in [0.15, 0.2) is 0 Å². The van der Waals surface area contributed by atoms with Gasteiger partial charge in [0.25, 0.3) is 5.69 Å². The van der Waals surface area contributed by atoms with E-state index in [1.807, 2.05) is 37.3 Å². The second-order valence-corrected chi connectivity index (χ2v) is 6.59. The molecule has 7 heteroatoms. The summed E-state index contributed by atoms with van der Waals surface area (Å²) in [5.74, 6) is -0.480. The molecule has 2 amide bonds. The van der Waals surface area contributed by atoms with Crippen LogP contribution in [-0.2, 0) is 16.0 Å². The molecule has 2 aromatic carbocycles. The van der Waals surface area contributed by atoms with E-state index in [2.05, 4.69) is 5.32 Å². The number of carbonyl (C=O) groups excluding carboxylic acids is 2. The molecule has 1 atom stereocenters. The summed E-state index contributed by atoms with van der Waals surface area (Å²) in [5.41, 5.74) is 2.81. The molecule has 0 bridgehead atoms. The number of rotatable bonds is 5. The van der Waals surface area contributed by atoms with E-state index in [0.29, 0.717) is 17.7 Å². The van der Waals surface area contributed by atoms with Crippen LogP contribution in [0.1, 0.15) is 43.0 Å². The van der Waals surface area contributed by atoms with Crippen molar-refractivity contribution < 1.29 is 14.5 Å². The van der Waals surface area contributed by atoms with Gasteiger partial charge in [0.1, 0.15) is 0 Å². The SMILES string of the molecule is CCc1ccc(NC(=O)CC2c3ccccc3C=CN2C(C)=O)cc1[N+](=O)[O-]. The molecular formula is C21H21N3O4. The van der Waals surface area contributed by atoms with Crippen molar-refractivity contribution in [2.75, 3.05) is 5.32 Å². The van der Waals surface area contributed by atoms with Crippen molar-refractivity contribution in [3.8, 4) is 0 Å². The van der Waals surface area contributed by atoms with Gasteiger partial charge >= 0.3 is 0 Å². The zero-order chi connectivity index (χ0) is 20.3. The molecule has 0 radical (unpaired) electrons. The molecule has 28 heavy (non-hydrogen) atoms. The number of fused-ring (bicyclic) bond motifs is 1. The lowest BCUT2D eigenvalue weighted by molar-refractivity contribution is -0.385. The maximum Gasteiger partial charge on any atom is 0.274 e. The van der Waals surface area contributed by atoms with Crippen LogP contribution in [-0.4, -0.2) is 21.6 Å². The van der Waals surface area contributed by atoms with Gasteiger partial charge in [-0.3, -0.25) is 19.7 Å². The van der Waals surface area contributed by atoms with Crippen molar-refractivity contribution >= 4 is 29.3 Å². The summed E-state index contributed by atoms with van der Waals surface area (Å²) in [4.78, 5) is 37.0. The van der Waals surface area contributed by atoms with Gasteiger partial charge in [0, 0.05) is 30.4 Å². The summed E-state index contributed by atoms with van der Waals surface area (Å²) in [6, 6.07) is 11.8. The third-order valence-electron chi connectivity index (χ3n) is 4.79. The number of aryl methyl sites for hydroxylation is 1. The Morgan fingerprint density at radius 2 is 1.96 bits per heavy atom. The minimum absolute atomic E-state index is 0.0170. The summed E-state index contributed by atoms with van der Waals surface area (Å²) < 4.78 is 0. The van der Waals surface area contributed by atoms with Gasteiger partial charge in [-0.1, -0.05) is 37.3 Å². The van der Waals surface area contributed by atoms with Gasteiger partial charge in [0.05, 0.1) is 17.4 Å². The normalized spacial score (nSPS) is 15.1. The Hall–Kier alpha value is -3.48. The molecule has 0 aromatic heterocycles. The van der Waals surface area contributed by atoms with E-state index in [1.165, 1.54) is 17.9 Å². The number of nitrogens with one attached hydrogen (secondary N) is 1. The Bertz CT molecular complexity index is 968. The number of nitro groups is 1. The minimum atomic E-state index is -0.450. The summed E-state index contributed by atoms with van der Waals surface area (Å²) in [5, 5.41) is 14.0. The zero-order valence-corrected chi connectivity index (χ0v) is 15.7. The molecule has 0 saturated heterocycles. The largest absolute Gasteiger partial charge is 0.326 e. The Labute approximate surface area is 162 Å². The number of hydrogen-bond donors (Lipinski definition) is 1. The van der Waals surface area contributed by atoms with Crippen molar-refractivity contribution in [1.29, 1.82) is 0 Å². The number of amides is 2. The topological polar surface area (TPSA) is 92.6 Å². The predicted molar refractivity (Wildman–Crippen MR) is 106 cm³/mol. The number of nitrogens with zero attached hydrogens (tertiary/aromatic N) is 2. The number of benzene rings is 2. The highest BCUT2D eigenvalue weighted by Gasteiger charge is 2.28. The van der Waals surface area contributed by atoms with Gasteiger partial charge in [-0.25, -0.2) is 0 Å². The monoisotopic (exact) mass is 379 g/mol. The zero-order valence-electron chi connectivity index (χ0n) is 15.7. The van der Waals surface area contributed by atoms with Crippen molar-refractivity contribution in [3.05, 3.63) is 75.5 Å². The number of hydrogen-bond acceptors (Lipinski definition) is 4. The predicted octanol–water partition coefficient (Wildman–Crippen LogP) is 4.06. The first-order valence-corrected chi connectivity index (χ1v) is 9.04. The van der Waals surface area contributed by atoms with Crippen LogP contribution in [0, 0.1) is 10.1 Å². The Morgan fingerprint density at radius 1 is 1.21 bits per heavy atom. The molecule has 3 rings (SSSR count). The lowest BCUT2D eigenvalue weighted by Gasteiger charge is -2.32. The second-order valence-electron chi connectivity index (χ2n) is 6.59. The quantitative estimate of drug-likeness (QED) is 0.626. The summed E-state index contributed by atoms with van der Waals surface area (Å²) in [6.45, 7) is 3.29. The molecule has 2 aromatic rings. The van der Waals surface area contributed by atoms with E-state index in [1.54, 1.807) is 18.3 Å². The molecule has 0 spiro atoms. The third-order valence-corrected chi connectivity index (χ3v) is 4.79. The summed E-state index contributed by atoms with van der Waals surface area (Å²) in [7, 11) is 0. The van der Waals surface area contributed by atoms with Gasteiger partial charge in [-0.2, -0.15) is 0 Å². The maximum absolute atomic E-state index is 12.7. The van der Waals surface area contributed by atoms with Crippen LogP contribution < -0.4 is 5.32 Å². The fourth-order valence-corrected chi connectivity index (χ4v) is 3.41. The standard InChI is InChI=1S/C21H21N3O4/c1-3-15-8-9-17(12-19(15)24(27)28)22-21(26)13-20-18-7-5-4-6-16(18)10-11-23(20)14(2)25/h4-12,20H,3,13H2,1-2H3,(H,22,26). The van der Waals surface area contributed by atoms with Crippen molar-refractivity contribution in [2.45, 2.75) is 32.7 Å². The van der Waals surface area contributed by atoms with E-state index in [0.717, 1.165) is 11.1 Å². The number of nitro benzene ring substituents is 1. The van der Waals surface area contributed by atoms with Gasteiger partial charge in [-0.05, 0) is 29.7 Å². The lowest BCUT2D eigenvalue weighted by Crippen LogP contribution is -2.33. The Morgan fingerprint density at radius 3 is 2.64 bits per heavy atom. The van der Waals surface area contributed by atoms with Crippen LogP contribution in [0.15, 0.2) is 48.7 Å². The molecule has 0 saturated carbocycles. The Kier molecular flexibility index (Phi) is 5.54. The van der Waals surface area contributed by atoms with Crippen LogP contribution in [0.4, 0.5) is 11.4 Å². The second kappa shape index (κ2) is 8.04. The first-order chi connectivity index (χ1) is 13.4. The van der Waals surface area contributed by atoms with Crippen molar-refractivity contribution in [1.82, 2.24) is 4.90 Å². The molecular weight excluding hydrogens is 358 g/mol. The minimum Gasteiger partial charge on any atom is -0.326 e. The van der Waals surface area contributed by atoms with E-state index in [4.69, 9.17) is 0 Å². The molecule has 1 aliphatic rings. The molecule has 1 N–H and O–H groups in total. The summed E-state index contributed by atoms with van der Waals surface area (Å²) in [6.07, 6.45) is 4.11. The first kappa shape index (κ1) is 19.3. The highest BCUT2D eigenvalue weighted by Crippen LogP contribution is 2.33. The highest BCUT2D eigenvalue weighted by atomic mass is 16.6. The molecule has 0 fully saturated rings. The molecule has 144 valence electrons. The third kappa shape index (κ3) is 3.93. The van der Waals surface area contributed by atoms with Crippen molar-refractivity contribution in [2.24, 2.45) is 0 Å². The highest BCUT2D eigenvalue weighted by molar-refractivity contribution is 5.92. The lowest BCUT2D eigenvalue weighted by atomic mass is 9.93. The number of carbonyl (C=O) groups is 2. The van der Waals surface area contributed by atoms with Crippen LogP contribution >= 0.6 is 0 Å². The van der Waals surface area contributed by atoms with E-state index in [-0.39, 0.29) is 23.9 Å². The average Bonchev–Trinajstić information content (AvgIpc) is 2.67. The van der Waals surface area contributed by atoms with Gasteiger partial charge in [0.2, 0.25) is 11.8 Å². The Balaban J connectivity index is 1.82. The smallest absolute Gasteiger partial charge is 0.274 e. The average molecular weight is 379 g/mol. The van der Waals surface area contributed by atoms with E-state index < -0.39 is 11.0 Å². The summed E-state index contributed by atoms with van der Waals surface area (Å²) >= 11 is 0. The molecule has 1 aliphatic heterocycles. The van der Waals surface area contributed by atoms with E-state index >= 15 is 0 Å². The van der Waals surface area contributed by atoms with Gasteiger partial charge < -0.3 is 10.2 Å². The number of anilines is 1. The van der Waals surface area contributed by atoms with Crippen LogP contribution in [0.25, 0.3) is 6.08 Å². The fraction of sp³-hybridized carbons (Fsp3) is 0.238. The first-order valence-electron chi connectivity index (χ1n) is 9.04. The molecule has 1 heterocycles. The molecule has 1 unspecified atom stereocenters. The van der Waals surface area contributed by atoms with Gasteiger partial charge in [-0.15, -0.1) is 0 Å². The van der Waals surface area contributed by atoms with Crippen LogP contribution in [0.3, 0.4) is 0 Å². The maximum atomic E-state index is 12.7. The fourth-order valence-electron chi connectivity index (χ4n) is 3.41. The molecule has 7 nitrogen and oxygen atoms in total. The van der Waals surface area contributed by atoms with Crippen LogP contribution in [0.5, 0.6) is 0 Å². The van der Waals surface area contributed by atoms with E-state index in [9.17, 15) is 19.7 Å². The van der Waals surface area contributed by atoms with Crippen LogP contribution in [0.2, 0.25) is 0 Å². The van der Waals surface area contributed by atoms with Crippen molar-refractivity contribution in [3.63, 3.8) is 0 Å².